The predicted molar refractivity (Wildman–Crippen MR) is 77.1 cm³/mol. The normalized spacial score (nSPS) is 34.7. The Labute approximate surface area is 156 Å². The third kappa shape index (κ3) is 4.40. The monoisotopic (exact) mass is 466 g/mol. The maximum Gasteiger partial charge on any atom is 0.408 e. The molecule has 166 valence electrons. The number of hydrogen-bond donors (Lipinski definition) is 0. The van der Waals surface area contributed by atoms with E-state index < -0.39 is 75.3 Å². The van der Waals surface area contributed by atoms with Crippen molar-refractivity contribution in [2.45, 2.75) is 63.3 Å². The van der Waals surface area contributed by atoms with Crippen LogP contribution in [-0.4, -0.2) is 53.1 Å². The van der Waals surface area contributed by atoms with Crippen LogP contribution in [0.5, 0.6) is 0 Å². The van der Waals surface area contributed by atoms with E-state index in [4.69, 9.17) is 0 Å². The maximum absolute atomic E-state index is 13.5. The second kappa shape index (κ2) is 6.41. The van der Waals surface area contributed by atoms with Crippen LogP contribution in [0, 0.1) is 5.41 Å². The van der Waals surface area contributed by atoms with E-state index in [0.29, 0.717) is 0 Å². The average Bonchev–Trinajstić information content (AvgIpc) is 2.28. The van der Waals surface area contributed by atoms with Gasteiger partial charge in [0.25, 0.3) is 0 Å². The molecule has 2 aliphatic rings. The molecule has 0 bridgehead atoms. The summed E-state index contributed by atoms with van der Waals surface area (Å²) in [5, 5.41) is 0. The first-order chi connectivity index (χ1) is 12.1. The Morgan fingerprint density at radius 2 is 1.39 bits per heavy atom. The molecule has 0 aromatic carbocycles. The van der Waals surface area contributed by atoms with E-state index in [2.05, 4.69) is 16.7 Å². The van der Waals surface area contributed by atoms with Gasteiger partial charge in [0.05, 0.1) is 17.8 Å². The molecular formula is C12H16F6O8S2. The molecular weight excluding hydrogens is 450 g/mol. The van der Waals surface area contributed by atoms with Crippen LogP contribution in [0.1, 0.15) is 33.6 Å². The molecule has 0 radical (unpaired) electrons. The first-order valence-corrected chi connectivity index (χ1v) is 10.2. The maximum atomic E-state index is 13.5. The summed E-state index contributed by atoms with van der Waals surface area (Å²) >= 11 is 0. The molecule has 8 nitrogen and oxygen atoms in total. The second-order valence-electron chi connectivity index (χ2n) is 7.39. The predicted octanol–water partition coefficient (Wildman–Crippen LogP) is 2.37. The van der Waals surface area contributed by atoms with Crippen LogP contribution >= 0.6 is 0 Å². The van der Waals surface area contributed by atoms with Gasteiger partial charge in [-0.3, -0.25) is 0 Å². The Bertz CT molecular complexity index is 817. The lowest BCUT2D eigenvalue weighted by Gasteiger charge is -2.48. The van der Waals surface area contributed by atoms with Gasteiger partial charge in [-0.15, -0.1) is 0 Å². The first-order valence-electron chi connectivity index (χ1n) is 7.51. The summed E-state index contributed by atoms with van der Waals surface area (Å²) in [6.07, 6.45) is -17.0. The van der Waals surface area contributed by atoms with Gasteiger partial charge in [0.2, 0.25) is 5.41 Å². The van der Waals surface area contributed by atoms with Crippen molar-refractivity contribution in [1.29, 1.82) is 0 Å². The number of rotatable bonds is 2. The summed E-state index contributed by atoms with van der Waals surface area (Å²) in [5.74, 6) is 0. The molecule has 16 heteroatoms. The summed E-state index contributed by atoms with van der Waals surface area (Å²) < 4.78 is 144. The lowest BCUT2D eigenvalue weighted by atomic mass is 9.74. The SMILES string of the molecule is CC1(C)CC(C)(CC2OS(=O)(=O)OCC2(C(F)(F)F)C(F)(F)F)OS(=O)(=O)O1. The third-order valence-corrected chi connectivity index (χ3v) is 6.41. The Morgan fingerprint density at radius 1 is 0.893 bits per heavy atom. The van der Waals surface area contributed by atoms with Crippen LogP contribution in [0.25, 0.3) is 0 Å². The molecule has 0 aliphatic carbocycles. The topological polar surface area (TPSA) is 105 Å². The third-order valence-electron chi connectivity index (χ3n) is 4.27. The Hall–Kier alpha value is -0.680. The van der Waals surface area contributed by atoms with E-state index in [1.807, 2.05) is 0 Å². The van der Waals surface area contributed by atoms with Crippen molar-refractivity contribution in [2.24, 2.45) is 5.41 Å². The van der Waals surface area contributed by atoms with Crippen molar-refractivity contribution < 1.29 is 59.9 Å². The molecule has 0 saturated carbocycles. The minimum absolute atomic E-state index is 0.480. The highest BCUT2D eigenvalue weighted by molar-refractivity contribution is 7.82. The molecule has 2 rings (SSSR count). The van der Waals surface area contributed by atoms with Crippen molar-refractivity contribution in [3.8, 4) is 0 Å². The van der Waals surface area contributed by atoms with Gasteiger partial charge in [-0.1, -0.05) is 0 Å². The van der Waals surface area contributed by atoms with Crippen molar-refractivity contribution in [2.75, 3.05) is 6.61 Å². The van der Waals surface area contributed by atoms with Gasteiger partial charge < -0.3 is 0 Å². The zero-order valence-corrected chi connectivity index (χ0v) is 16.2. The van der Waals surface area contributed by atoms with Crippen LogP contribution in [0.2, 0.25) is 0 Å². The fourth-order valence-corrected chi connectivity index (χ4v) is 5.57. The van der Waals surface area contributed by atoms with Gasteiger partial charge in [0.1, 0.15) is 6.10 Å². The molecule has 2 atom stereocenters. The fraction of sp³-hybridized carbons (Fsp3) is 1.00. The summed E-state index contributed by atoms with van der Waals surface area (Å²) in [5.41, 5.74) is -8.47. The van der Waals surface area contributed by atoms with Crippen molar-refractivity contribution in [1.82, 2.24) is 0 Å². The van der Waals surface area contributed by atoms with Crippen molar-refractivity contribution >= 4 is 20.8 Å². The summed E-state index contributed by atoms with van der Waals surface area (Å²) in [4.78, 5) is 0. The van der Waals surface area contributed by atoms with E-state index in [1.165, 1.54) is 13.8 Å². The smallest absolute Gasteiger partial charge is 0.247 e. The minimum Gasteiger partial charge on any atom is -0.247 e. The lowest BCUT2D eigenvalue weighted by Crippen LogP contribution is -2.65. The molecule has 0 N–H and O–H groups in total. The zero-order chi connectivity index (χ0) is 22.0. The van der Waals surface area contributed by atoms with Gasteiger partial charge in [0, 0.05) is 12.8 Å². The van der Waals surface area contributed by atoms with E-state index >= 15 is 0 Å². The summed E-state index contributed by atoms with van der Waals surface area (Å²) in [7, 11) is -9.98. The van der Waals surface area contributed by atoms with Crippen LogP contribution < -0.4 is 0 Å². The van der Waals surface area contributed by atoms with Gasteiger partial charge >= 0.3 is 33.2 Å². The molecule has 0 aromatic heterocycles. The largest absolute Gasteiger partial charge is 0.408 e. The zero-order valence-electron chi connectivity index (χ0n) is 14.5. The van der Waals surface area contributed by atoms with Crippen molar-refractivity contribution in [3.63, 3.8) is 0 Å². The van der Waals surface area contributed by atoms with Gasteiger partial charge in [-0.25, -0.2) is 16.7 Å². The van der Waals surface area contributed by atoms with Gasteiger partial charge in [0.15, 0.2) is 0 Å². The fourth-order valence-electron chi connectivity index (χ4n) is 3.41. The number of hydrogen-bond acceptors (Lipinski definition) is 8. The average molecular weight is 466 g/mol. The van der Waals surface area contributed by atoms with Crippen molar-refractivity contribution in [3.05, 3.63) is 0 Å². The standard InChI is InChI=1S/C12H16F6O8S2/c1-8(2)5-9(3,26-28(21,22)25-8)4-7-10(11(13,14)15,12(16,17)18)6-23-27(19,20)24-7/h7H,4-6H2,1-3H3. The van der Waals surface area contributed by atoms with E-state index in [0.717, 1.165) is 6.92 Å². The molecule has 2 aliphatic heterocycles. The summed E-state index contributed by atoms with van der Waals surface area (Å²) in [6.45, 7) is 1.04. The number of alkyl halides is 6. The second-order valence-corrected chi connectivity index (χ2v) is 9.78. The quantitative estimate of drug-likeness (QED) is 0.572. The Balaban J connectivity index is 2.57. The minimum atomic E-state index is -6.04. The van der Waals surface area contributed by atoms with Crippen LogP contribution in [0.3, 0.4) is 0 Å². The highest BCUT2D eigenvalue weighted by Gasteiger charge is 2.78. The van der Waals surface area contributed by atoms with Crippen LogP contribution in [0.4, 0.5) is 26.3 Å². The van der Waals surface area contributed by atoms with E-state index in [9.17, 15) is 43.2 Å². The van der Waals surface area contributed by atoms with Gasteiger partial charge in [-0.05, 0) is 20.8 Å². The molecule has 2 unspecified atom stereocenters. The van der Waals surface area contributed by atoms with Crippen LogP contribution in [0.15, 0.2) is 0 Å². The molecule has 2 saturated heterocycles. The van der Waals surface area contributed by atoms with E-state index in [1.54, 1.807) is 0 Å². The van der Waals surface area contributed by atoms with Gasteiger partial charge in [-0.2, -0.15) is 43.2 Å². The molecule has 28 heavy (non-hydrogen) atoms. The van der Waals surface area contributed by atoms with E-state index in [-0.39, 0.29) is 0 Å². The number of halogens is 6. The molecule has 0 aromatic rings. The Morgan fingerprint density at radius 3 is 1.82 bits per heavy atom. The molecule has 0 spiro atoms. The molecule has 2 fully saturated rings. The highest BCUT2D eigenvalue weighted by Crippen LogP contribution is 2.58. The summed E-state index contributed by atoms with van der Waals surface area (Å²) in [6, 6.07) is 0. The molecule has 0 amide bonds. The highest BCUT2D eigenvalue weighted by atomic mass is 32.3. The lowest BCUT2D eigenvalue weighted by molar-refractivity contribution is -0.378. The Kier molecular flexibility index (Phi) is 5.40. The van der Waals surface area contributed by atoms with Crippen LogP contribution in [-0.2, 0) is 37.5 Å². The molecule has 2 heterocycles. The first kappa shape index (κ1) is 23.6.